The van der Waals surface area contributed by atoms with Crippen LogP contribution in [0.5, 0.6) is 11.5 Å². The Morgan fingerprint density at radius 1 is 1.06 bits per heavy atom. The van der Waals surface area contributed by atoms with Crippen LogP contribution in [0.25, 0.3) is 0 Å². The third-order valence-corrected chi connectivity index (χ3v) is 5.87. The summed E-state index contributed by atoms with van der Waals surface area (Å²) in [6.45, 7) is 6.38. The van der Waals surface area contributed by atoms with Crippen LogP contribution in [0.2, 0.25) is 0 Å². The number of nitrogens with zero attached hydrogens (tertiary/aromatic N) is 2. The number of nitrogens with one attached hydrogen (secondary N) is 1. The molecule has 0 saturated carbocycles. The molecule has 1 atom stereocenters. The zero-order valence-electron chi connectivity index (χ0n) is 18.5. The molecule has 1 fully saturated rings. The molecule has 0 spiro atoms. The summed E-state index contributed by atoms with van der Waals surface area (Å²) in [5.41, 5.74) is 0.686. The predicted octanol–water partition coefficient (Wildman–Crippen LogP) is 3.42. The second-order valence-electron chi connectivity index (χ2n) is 7.93. The van der Waals surface area contributed by atoms with Crippen LogP contribution in [0.3, 0.4) is 0 Å². The number of hydrogen-bond donors (Lipinski definition) is 1. The molecule has 168 valence electrons. The summed E-state index contributed by atoms with van der Waals surface area (Å²) < 4.78 is 11.2. The van der Waals surface area contributed by atoms with Gasteiger partial charge in [0.2, 0.25) is 11.8 Å². The molecule has 1 N–H and O–H groups in total. The molecule has 2 aliphatic rings. The molecule has 4 rings (SSSR count). The Bertz CT molecular complexity index is 1070. The van der Waals surface area contributed by atoms with Gasteiger partial charge in [-0.1, -0.05) is 12.1 Å². The van der Waals surface area contributed by atoms with Crippen molar-refractivity contribution in [2.24, 2.45) is 0 Å². The van der Waals surface area contributed by atoms with E-state index in [1.807, 2.05) is 26.8 Å². The minimum atomic E-state index is -0.880. The first-order valence-electron chi connectivity index (χ1n) is 10.8. The van der Waals surface area contributed by atoms with Crippen LogP contribution < -0.4 is 19.7 Å². The summed E-state index contributed by atoms with van der Waals surface area (Å²) in [5.74, 6) is 0.471. The second-order valence-corrected chi connectivity index (χ2v) is 7.93. The summed E-state index contributed by atoms with van der Waals surface area (Å²) in [6, 6.07) is 12.2. The monoisotopic (exact) mass is 437 g/mol. The van der Waals surface area contributed by atoms with Gasteiger partial charge in [0.05, 0.1) is 24.5 Å². The fraction of sp³-hybridized carbons (Fsp3) is 0.375. The zero-order chi connectivity index (χ0) is 22.9. The Labute approximate surface area is 187 Å². The van der Waals surface area contributed by atoms with Crippen molar-refractivity contribution < 1.29 is 23.9 Å². The van der Waals surface area contributed by atoms with Gasteiger partial charge in [0.25, 0.3) is 5.91 Å². The Morgan fingerprint density at radius 2 is 1.78 bits per heavy atom. The number of hydrogen-bond acceptors (Lipinski definition) is 5. The lowest BCUT2D eigenvalue weighted by molar-refractivity contribution is -0.120. The largest absolute Gasteiger partial charge is 0.490 e. The number of carbonyl (C=O) groups is 3. The van der Waals surface area contributed by atoms with Crippen LogP contribution in [0, 0.1) is 0 Å². The molecule has 8 nitrogen and oxygen atoms in total. The average Bonchev–Trinajstić information content (AvgIpc) is 3.09. The van der Waals surface area contributed by atoms with Crippen molar-refractivity contribution in [1.29, 1.82) is 0 Å². The van der Waals surface area contributed by atoms with E-state index in [1.165, 1.54) is 4.90 Å². The highest BCUT2D eigenvalue weighted by Gasteiger charge is 2.53. The lowest BCUT2D eigenvalue weighted by Gasteiger charge is -2.48. The summed E-state index contributed by atoms with van der Waals surface area (Å²) >= 11 is 0. The third kappa shape index (κ3) is 3.66. The molecule has 32 heavy (non-hydrogen) atoms. The first-order chi connectivity index (χ1) is 15.4. The highest BCUT2D eigenvalue weighted by Crippen LogP contribution is 2.43. The number of carbonyl (C=O) groups excluding carboxylic acids is 3. The van der Waals surface area contributed by atoms with Crippen molar-refractivity contribution >= 4 is 29.1 Å². The summed E-state index contributed by atoms with van der Waals surface area (Å²) in [5, 5.41) is 2.84. The number of fused-ring (bicyclic) bond motifs is 3. The molecule has 2 heterocycles. The molecule has 0 bridgehead atoms. The Balaban J connectivity index is 1.57. The van der Waals surface area contributed by atoms with Gasteiger partial charge in [0, 0.05) is 18.2 Å². The first kappa shape index (κ1) is 21.7. The van der Waals surface area contributed by atoms with Crippen LogP contribution in [-0.2, 0) is 9.59 Å². The predicted molar refractivity (Wildman–Crippen MR) is 120 cm³/mol. The van der Waals surface area contributed by atoms with Gasteiger partial charge in [-0.15, -0.1) is 0 Å². The van der Waals surface area contributed by atoms with Crippen molar-refractivity contribution in [3.05, 3.63) is 48.0 Å². The maximum Gasteiger partial charge on any atom is 0.258 e. The van der Waals surface area contributed by atoms with E-state index in [4.69, 9.17) is 9.47 Å². The maximum absolute atomic E-state index is 13.3. The summed E-state index contributed by atoms with van der Waals surface area (Å²) in [7, 11) is 0. The summed E-state index contributed by atoms with van der Waals surface area (Å²) in [4.78, 5) is 42.0. The number of para-hydroxylation sites is 1. The molecule has 8 heteroatoms. The number of amides is 3. The third-order valence-electron chi connectivity index (χ3n) is 5.87. The van der Waals surface area contributed by atoms with Crippen molar-refractivity contribution in [3.63, 3.8) is 0 Å². The lowest BCUT2D eigenvalue weighted by atomic mass is 9.98. The maximum atomic E-state index is 13.3. The van der Waals surface area contributed by atoms with E-state index in [0.717, 1.165) is 0 Å². The van der Waals surface area contributed by atoms with E-state index in [1.54, 1.807) is 41.3 Å². The molecule has 1 saturated heterocycles. The number of anilines is 2. The highest BCUT2D eigenvalue weighted by molar-refractivity contribution is 6.11. The number of ether oxygens (including phenoxy) is 2. The topological polar surface area (TPSA) is 88.2 Å². The van der Waals surface area contributed by atoms with Gasteiger partial charge in [-0.3, -0.25) is 19.3 Å². The second kappa shape index (κ2) is 8.53. The van der Waals surface area contributed by atoms with Crippen LogP contribution in [0.1, 0.15) is 44.0 Å². The molecule has 0 aromatic heterocycles. The first-order valence-corrected chi connectivity index (χ1v) is 10.8. The van der Waals surface area contributed by atoms with Gasteiger partial charge in [-0.25, -0.2) is 0 Å². The Kier molecular flexibility index (Phi) is 5.78. The standard InChI is InChI=1S/C24H27N3O5/c1-4-31-19-11-10-16(14-20(19)32-5-2)25-21(28)15-26-23(30)17-8-6-7-9-18(17)27-22(29)12-13-24(26,27)3/h6-11,14H,4-5,12-13,15H2,1-3H3,(H,25,28). The van der Waals surface area contributed by atoms with E-state index in [2.05, 4.69) is 5.32 Å². The van der Waals surface area contributed by atoms with Crippen LogP contribution in [0.15, 0.2) is 42.5 Å². The molecule has 3 amide bonds. The molecule has 0 radical (unpaired) electrons. The summed E-state index contributed by atoms with van der Waals surface area (Å²) in [6.07, 6.45) is 0.795. The fourth-order valence-corrected chi connectivity index (χ4v) is 4.41. The lowest BCUT2D eigenvalue weighted by Crippen LogP contribution is -2.63. The molecule has 2 aromatic rings. The normalized spacial score (nSPS) is 19.5. The van der Waals surface area contributed by atoms with Crippen molar-refractivity contribution in [2.75, 3.05) is 30.0 Å². The molecule has 2 aliphatic heterocycles. The fourth-order valence-electron chi connectivity index (χ4n) is 4.41. The SMILES string of the molecule is CCOc1ccc(NC(=O)CN2C(=O)c3ccccc3N3C(=O)CCC23C)cc1OCC. The average molecular weight is 437 g/mol. The molecular formula is C24H27N3O5. The quantitative estimate of drug-likeness (QED) is 0.717. The molecule has 2 aromatic carbocycles. The van der Waals surface area contributed by atoms with Crippen LogP contribution >= 0.6 is 0 Å². The van der Waals surface area contributed by atoms with Gasteiger partial charge >= 0.3 is 0 Å². The van der Waals surface area contributed by atoms with Crippen molar-refractivity contribution in [3.8, 4) is 11.5 Å². The Hall–Kier alpha value is -3.55. The molecule has 1 unspecified atom stereocenters. The van der Waals surface area contributed by atoms with Crippen molar-refractivity contribution in [1.82, 2.24) is 4.90 Å². The number of benzene rings is 2. The van der Waals surface area contributed by atoms with Gasteiger partial charge in [-0.05, 0) is 51.5 Å². The minimum Gasteiger partial charge on any atom is -0.490 e. The van der Waals surface area contributed by atoms with Gasteiger partial charge in [-0.2, -0.15) is 0 Å². The number of rotatable bonds is 7. The van der Waals surface area contributed by atoms with Gasteiger partial charge in [0.15, 0.2) is 11.5 Å². The van der Waals surface area contributed by atoms with Gasteiger partial charge < -0.3 is 19.7 Å². The van der Waals surface area contributed by atoms with E-state index < -0.39 is 5.66 Å². The molecular weight excluding hydrogens is 410 g/mol. The minimum absolute atomic E-state index is 0.0503. The van der Waals surface area contributed by atoms with E-state index in [-0.39, 0.29) is 24.3 Å². The Morgan fingerprint density at radius 3 is 2.53 bits per heavy atom. The smallest absolute Gasteiger partial charge is 0.258 e. The van der Waals surface area contributed by atoms with E-state index >= 15 is 0 Å². The van der Waals surface area contributed by atoms with Crippen LogP contribution in [-0.4, -0.2) is 48.0 Å². The van der Waals surface area contributed by atoms with Crippen LogP contribution in [0.4, 0.5) is 11.4 Å². The molecule has 0 aliphatic carbocycles. The zero-order valence-corrected chi connectivity index (χ0v) is 18.5. The van der Waals surface area contributed by atoms with E-state index in [9.17, 15) is 14.4 Å². The van der Waals surface area contributed by atoms with Gasteiger partial charge in [0.1, 0.15) is 12.2 Å². The van der Waals surface area contributed by atoms with E-state index in [0.29, 0.717) is 54.5 Å². The highest BCUT2D eigenvalue weighted by atomic mass is 16.5. The van der Waals surface area contributed by atoms with Crippen molar-refractivity contribution in [2.45, 2.75) is 39.3 Å².